The minimum Gasteiger partial charge on any atom is -0.479 e. The lowest BCUT2D eigenvalue weighted by atomic mass is 10.2. The van der Waals surface area contributed by atoms with Crippen LogP contribution in [0.2, 0.25) is 0 Å². The average Bonchev–Trinajstić information content (AvgIpc) is 2.74. The lowest BCUT2D eigenvalue weighted by Crippen LogP contribution is -2.14. The number of nitrogen functional groups attached to an aromatic ring is 1. The third kappa shape index (κ3) is 5.68. The molecule has 0 saturated heterocycles. The van der Waals surface area contributed by atoms with Gasteiger partial charge in [-0.25, -0.2) is 9.97 Å². The molecule has 0 saturated carbocycles. The van der Waals surface area contributed by atoms with E-state index in [1.807, 2.05) is 6.07 Å². The highest BCUT2D eigenvalue weighted by atomic mass is 16.5. The summed E-state index contributed by atoms with van der Waals surface area (Å²) in [4.78, 5) is 24.9. The maximum absolute atomic E-state index is 12.4. The SMILES string of the molecule is CC#CCOc1ccc(C(=O)Nc2ccnc(CNc3cccnc3N)c2)nc1. The van der Waals surface area contributed by atoms with Gasteiger partial charge in [0.05, 0.1) is 24.1 Å². The second-order valence-electron chi connectivity index (χ2n) is 5.87. The number of amides is 1. The van der Waals surface area contributed by atoms with E-state index in [1.54, 1.807) is 49.6 Å². The number of hydrogen-bond acceptors (Lipinski definition) is 7. The molecule has 146 valence electrons. The predicted molar refractivity (Wildman–Crippen MR) is 111 cm³/mol. The Kier molecular flexibility index (Phi) is 6.58. The summed E-state index contributed by atoms with van der Waals surface area (Å²) >= 11 is 0. The van der Waals surface area contributed by atoms with E-state index >= 15 is 0 Å². The van der Waals surface area contributed by atoms with Crippen LogP contribution in [0.25, 0.3) is 0 Å². The van der Waals surface area contributed by atoms with E-state index in [9.17, 15) is 4.79 Å². The fourth-order valence-corrected chi connectivity index (χ4v) is 2.39. The van der Waals surface area contributed by atoms with Crippen molar-refractivity contribution in [3.63, 3.8) is 0 Å². The molecule has 0 atom stereocenters. The van der Waals surface area contributed by atoms with Gasteiger partial charge in [0.2, 0.25) is 0 Å². The van der Waals surface area contributed by atoms with Crippen molar-refractivity contribution in [3.8, 4) is 17.6 Å². The fourth-order valence-electron chi connectivity index (χ4n) is 2.39. The predicted octanol–water partition coefficient (Wildman–Crippen LogP) is 2.72. The molecule has 0 spiro atoms. The van der Waals surface area contributed by atoms with Crippen molar-refractivity contribution in [2.75, 3.05) is 23.0 Å². The second kappa shape index (κ2) is 9.71. The molecule has 3 aromatic heterocycles. The van der Waals surface area contributed by atoms with Crippen LogP contribution in [0.5, 0.6) is 5.75 Å². The highest BCUT2D eigenvalue weighted by Gasteiger charge is 2.09. The normalized spacial score (nSPS) is 9.83. The van der Waals surface area contributed by atoms with Crippen molar-refractivity contribution >= 4 is 23.1 Å². The summed E-state index contributed by atoms with van der Waals surface area (Å²) in [5.41, 5.74) is 8.16. The van der Waals surface area contributed by atoms with Crippen molar-refractivity contribution < 1.29 is 9.53 Å². The van der Waals surface area contributed by atoms with Crippen molar-refractivity contribution in [1.82, 2.24) is 15.0 Å². The van der Waals surface area contributed by atoms with Crippen molar-refractivity contribution in [3.05, 3.63) is 66.4 Å². The largest absolute Gasteiger partial charge is 0.479 e. The van der Waals surface area contributed by atoms with Crippen LogP contribution in [0.4, 0.5) is 17.2 Å². The Morgan fingerprint density at radius 3 is 2.83 bits per heavy atom. The first-order valence-corrected chi connectivity index (χ1v) is 8.85. The van der Waals surface area contributed by atoms with Crippen LogP contribution in [-0.2, 0) is 6.54 Å². The molecule has 0 bridgehead atoms. The molecule has 8 heteroatoms. The first-order valence-electron chi connectivity index (χ1n) is 8.85. The quantitative estimate of drug-likeness (QED) is 0.533. The molecule has 3 aromatic rings. The number of pyridine rings is 3. The van der Waals surface area contributed by atoms with Gasteiger partial charge in [-0.2, -0.15) is 0 Å². The summed E-state index contributed by atoms with van der Waals surface area (Å²) in [6.07, 6.45) is 4.74. The lowest BCUT2D eigenvalue weighted by molar-refractivity contribution is 0.102. The van der Waals surface area contributed by atoms with E-state index < -0.39 is 0 Å². The molecular weight excluding hydrogens is 368 g/mol. The number of ether oxygens (including phenoxy) is 1. The second-order valence-corrected chi connectivity index (χ2v) is 5.87. The molecule has 0 aliphatic carbocycles. The van der Waals surface area contributed by atoms with Crippen LogP contribution in [0, 0.1) is 11.8 Å². The van der Waals surface area contributed by atoms with E-state index in [0.717, 1.165) is 11.4 Å². The zero-order valence-electron chi connectivity index (χ0n) is 15.8. The van der Waals surface area contributed by atoms with Gasteiger partial charge in [-0.1, -0.05) is 5.92 Å². The zero-order chi connectivity index (χ0) is 20.5. The van der Waals surface area contributed by atoms with Gasteiger partial charge in [-0.05, 0) is 43.3 Å². The number of nitrogens with two attached hydrogens (primary N) is 1. The summed E-state index contributed by atoms with van der Waals surface area (Å²) in [7, 11) is 0. The maximum atomic E-state index is 12.4. The van der Waals surface area contributed by atoms with Gasteiger partial charge in [0.25, 0.3) is 5.91 Å². The molecule has 4 N–H and O–H groups in total. The molecule has 0 unspecified atom stereocenters. The van der Waals surface area contributed by atoms with E-state index in [4.69, 9.17) is 10.5 Å². The van der Waals surface area contributed by atoms with E-state index in [2.05, 4.69) is 37.4 Å². The van der Waals surface area contributed by atoms with Crippen LogP contribution in [0.1, 0.15) is 23.1 Å². The van der Waals surface area contributed by atoms with Crippen LogP contribution in [-0.4, -0.2) is 27.5 Å². The van der Waals surface area contributed by atoms with Crippen molar-refractivity contribution in [1.29, 1.82) is 0 Å². The molecule has 0 aromatic carbocycles. The highest BCUT2D eigenvalue weighted by Crippen LogP contribution is 2.16. The van der Waals surface area contributed by atoms with E-state index in [0.29, 0.717) is 23.8 Å². The first kappa shape index (κ1) is 19.6. The highest BCUT2D eigenvalue weighted by molar-refractivity contribution is 6.02. The van der Waals surface area contributed by atoms with E-state index in [-0.39, 0.29) is 18.2 Å². The molecule has 0 fully saturated rings. The van der Waals surface area contributed by atoms with Crippen molar-refractivity contribution in [2.45, 2.75) is 13.5 Å². The number of rotatable bonds is 7. The Morgan fingerprint density at radius 1 is 1.17 bits per heavy atom. The molecule has 29 heavy (non-hydrogen) atoms. The monoisotopic (exact) mass is 388 g/mol. The summed E-state index contributed by atoms with van der Waals surface area (Å²) in [5.74, 6) is 6.18. The molecule has 0 aliphatic rings. The molecular formula is C21H20N6O2. The summed E-state index contributed by atoms with van der Waals surface area (Å²) < 4.78 is 5.39. The average molecular weight is 388 g/mol. The van der Waals surface area contributed by atoms with Gasteiger partial charge < -0.3 is 21.1 Å². The zero-order valence-corrected chi connectivity index (χ0v) is 15.8. The van der Waals surface area contributed by atoms with Gasteiger partial charge in [0, 0.05) is 18.1 Å². The molecule has 3 rings (SSSR count). The van der Waals surface area contributed by atoms with Crippen LogP contribution in [0.15, 0.2) is 55.0 Å². The van der Waals surface area contributed by atoms with Crippen LogP contribution in [0.3, 0.4) is 0 Å². The number of nitrogens with one attached hydrogen (secondary N) is 2. The summed E-state index contributed by atoms with van der Waals surface area (Å²) in [5, 5.41) is 5.98. The van der Waals surface area contributed by atoms with Crippen molar-refractivity contribution in [2.24, 2.45) is 0 Å². The van der Waals surface area contributed by atoms with Crippen LogP contribution < -0.4 is 21.1 Å². The Morgan fingerprint density at radius 2 is 2.07 bits per heavy atom. The fraction of sp³-hybridized carbons (Fsp3) is 0.143. The lowest BCUT2D eigenvalue weighted by Gasteiger charge is -2.10. The number of carbonyl (C=O) groups excluding carboxylic acids is 1. The Labute approximate surface area is 168 Å². The Balaban J connectivity index is 1.59. The number of aromatic nitrogens is 3. The number of carbonyl (C=O) groups is 1. The molecule has 3 heterocycles. The number of hydrogen-bond donors (Lipinski definition) is 3. The van der Waals surface area contributed by atoms with E-state index in [1.165, 1.54) is 6.20 Å². The third-order valence-corrected chi connectivity index (χ3v) is 3.83. The molecule has 1 amide bonds. The molecule has 0 aliphatic heterocycles. The van der Waals surface area contributed by atoms with Gasteiger partial charge in [-0.15, -0.1) is 5.92 Å². The number of anilines is 3. The topological polar surface area (TPSA) is 115 Å². The van der Waals surface area contributed by atoms with Crippen LogP contribution >= 0.6 is 0 Å². The minimum atomic E-state index is -0.327. The first-order chi connectivity index (χ1) is 14.2. The Bertz CT molecular complexity index is 1040. The summed E-state index contributed by atoms with van der Waals surface area (Å²) in [6, 6.07) is 10.4. The van der Waals surface area contributed by atoms with Gasteiger partial charge in [-0.3, -0.25) is 9.78 Å². The standard InChI is InChI=1S/C21H20N6O2/c1-2-3-11-29-17-6-7-19(26-14-17)21(28)27-15-8-10-23-16(12-15)13-25-18-5-4-9-24-20(18)22/h4-10,12,14,25H,11,13H2,1H3,(H2,22,24)(H,23,27,28). The maximum Gasteiger partial charge on any atom is 0.274 e. The summed E-state index contributed by atoms with van der Waals surface area (Å²) in [6.45, 7) is 2.46. The third-order valence-electron chi connectivity index (χ3n) is 3.83. The molecule has 0 radical (unpaired) electrons. The van der Waals surface area contributed by atoms with Gasteiger partial charge >= 0.3 is 0 Å². The smallest absolute Gasteiger partial charge is 0.274 e. The molecule has 8 nitrogen and oxygen atoms in total. The Hall–Kier alpha value is -4.12. The van der Waals surface area contributed by atoms with Gasteiger partial charge in [0.1, 0.15) is 23.9 Å². The van der Waals surface area contributed by atoms with Gasteiger partial charge in [0.15, 0.2) is 0 Å². The number of nitrogens with zero attached hydrogens (tertiary/aromatic N) is 3. The minimum absolute atomic E-state index is 0.276.